The number of allylic oxidation sites excluding steroid dienone is 4. The van der Waals surface area contributed by atoms with E-state index in [0.717, 1.165) is 33.5 Å². The lowest BCUT2D eigenvalue weighted by Gasteiger charge is -2.12. The number of nitrogens with zero attached hydrogens (tertiary/aromatic N) is 2. The summed E-state index contributed by atoms with van der Waals surface area (Å²) in [6.45, 7) is 0. The van der Waals surface area contributed by atoms with Gasteiger partial charge in [-0.25, -0.2) is 0 Å². The highest BCUT2D eigenvalue weighted by molar-refractivity contribution is 6.02. The third-order valence-corrected chi connectivity index (χ3v) is 4.97. The van der Waals surface area contributed by atoms with Crippen LogP contribution in [0.5, 0.6) is 0 Å². The van der Waals surface area contributed by atoms with Crippen molar-refractivity contribution in [2.24, 2.45) is 0 Å². The van der Waals surface area contributed by atoms with Gasteiger partial charge in [-0.05, 0) is 52.1 Å². The van der Waals surface area contributed by atoms with Crippen LogP contribution in [0.15, 0.2) is 103 Å². The molecule has 0 aromatic heterocycles. The molecule has 142 valence electrons. The van der Waals surface area contributed by atoms with Crippen molar-refractivity contribution in [1.82, 2.24) is 0 Å². The van der Waals surface area contributed by atoms with E-state index < -0.39 is 0 Å². The van der Waals surface area contributed by atoms with Crippen molar-refractivity contribution >= 4 is 16.9 Å². The number of para-hydroxylation sites is 1. The number of fused-ring (bicyclic) bond motifs is 3. The van der Waals surface area contributed by atoms with Gasteiger partial charge in [0, 0.05) is 31.1 Å². The summed E-state index contributed by atoms with van der Waals surface area (Å²) in [7, 11) is 2.00. The van der Waals surface area contributed by atoms with Crippen LogP contribution in [0.1, 0.15) is 11.1 Å². The SMILES string of the molecule is CN(C=CC=CC=C1c2ccccc2-c2ccc([N+](=O)[O-])cc21)c1ccccc1. The monoisotopic (exact) mass is 380 g/mol. The molecule has 0 saturated heterocycles. The van der Waals surface area contributed by atoms with Crippen LogP contribution in [0.25, 0.3) is 16.7 Å². The molecule has 0 N–H and O–H groups in total. The first-order valence-electron chi connectivity index (χ1n) is 9.37. The average Bonchev–Trinajstić information content (AvgIpc) is 3.07. The second-order valence-corrected chi connectivity index (χ2v) is 6.79. The van der Waals surface area contributed by atoms with Gasteiger partial charge in [-0.2, -0.15) is 0 Å². The van der Waals surface area contributed by atoms with Crippen molar-refractivity contribution in [2.75, 3.05) is 11.9 Å². The predicted octanol–water partition coefficient (Wildman–Crippen LogP) is 6.21. The van der Waals surface area contributed by atoms with Gasteiger partial charge in [0.25, 0.3) is 5.69 Å². The summed E-state index contributed by atoms with van der Waals surface area (Å²) in [4.78, 5) is 12.9. The van der Waals surface area contributed by atoms with Gasteiger partial charge in [0.15, 0.2) is 0 Å². The van der Waals surface area contributed by atoms with Crippen molar-refractivity contribution in [3.8, 4) is 11.1 Å². The van der Waals surface area contributed by atoms with Crippen molar-refractivity contribution < 1.29 is 4.92 Å². The lowest BCUT2D eigenvalue weighted by molar-refractivity contribution is -0.384. The van der Waals surface area contributed by atoms with E-state index in [1.165, 1.54) is 0 Å². The second kappa shape index (κ2) is 7.98. The summed E-state index contributed by atoms with van der Waals surface area (Å²) in [5, 5.41) is 11.2. The predicted molar refractivity (Wildman–Crippen MR) is 119 cm³/mol. The maximum Gasteiger partial charge on any atom is 0.270 e. The molecule has 0 amide bonds. The molecule has 1 aliphatic carbocycles. The van der Waals surface area contributed by atoms with Gasteiger partial charge in [-0.3, -0.25) is 10.1 Å². The second-order valence-electron chi connectivity index (χ2n) is 6.79. The number of rotatable bonds is 5. The Hall–Kier alpha value is -3.92. The topological polar surface area (TPSA) is 46.4 Å². The molecular formula is C25H20N2O2. The fourth-order valence-electron chi connectivity index (χ4n) is 3.52. The number of hydrogen-bond donors (Lipinski definition) is 0. The van der Waals surface area contributed by atoms with Crippen LogP contribution in [0.4, 0.5) is 11.4 Å². The maximum atomic E-state index is 11.2. The Morgan fingerprint density at radius 3 is 2.24 bits per heavy atom. The van der Waals surface area contributed by atoms with Gasteiger partial charge in [-0.1, -0.05) is 60.7 Å². The van der Waals surface area contributed by atoms with Crippen LogP contribution in [-0.2, 0) is 0 Å². The van der Waals surface area contributed by atoms with Gasteiger partial charge < -0.3 is 4.90 Å². The van der Waals surface area contributed by atoms with E-state index in [9.17, 15) is 10.1 Å². The highest BCUT2D eigenvalue weighted by Crippen LogP contribution is 2.45. The van der Waals surface area contributed by atoms with E-state index >= 15 is 0 Å². The van der Waals surface area contributed by atoms with Crippen molar-refractivity contribution in [3.05, 3.63) is 125 Å². The van der Waals surface area contributed by atoms with Crippen LogP contribution >= 0.6 is 0 Å². The summed E-state index contributed by atoms with van der Waals surface area (Å²) < 4.78 is 0. The van der Waals surface area contributed by atoms with Gasteiger partial charge in [-0.15, -0.1) is 0 Å². The molecule has 0 radical (unpaired) electrons. The van der Waals surface area contributed by atoms with E-state index in [0.29, 0.717) is 0 Å². The molecule has 3 aromatic rings. The molecule has 0 spiro atoms. The summed E-state index contributed by atoms with van der Waals surface area (Å²) in [6, 6.07) is 23.3. The number of nitro groups is 1. The van der Waals surface area contributed by atoms with Crippen molar-refractivity contribution in [3.63, 3.8) is 0 Å². The molecule has 0 unspecified atom stereocenters. The third kappa shape index (κ3) is 3.73. The third-order valence-electron chi connectivity index (χ3n) is 4.97. The standard InChI is InChI=1S/C25H20N2O2/c1-26(19-10-4-2-5-11-19)17-9-3-6-12-23-21-13-7-8-14-22(21)24-16-15-20(27(28)29)18-25(23)24/h2-18H,1H3. The molecule has 29 heavy (non-hydrogen) atoms. The molecule has 0 heterocycles. The molecule has 0 saturated carbocycles. The molecular weight excluding hydrogens is 360 g/mol. The Labute approximate surface area is 169 Å². The Balaban J connectivity index is 1.61. The van der Waals surface area contributed by atoms with Crippen LogP contribution in [0.2, 0.25) is 0 Å². The molecule has 4 heteroatoms. The molecule has 0 bridgehead atoms. The van der Waals surface area contributed by atoms with E-state index in [1.807, 2.05) is 78.8 Å². The molecule has 1 aliphatic rings. The van der Waals surface area contributed by atoms with Gasteiger partial charge >= 0.3 is 0 Å². The van der Waals surface area contributed by atoms with Gasteiger partial charge in [0.2, 0.25) is 0 Å². The zero-order valence-electron chi connectivity index (χ0n) is 16.0. The Morgan fingerprint density at radius 1 is 0.793 bits per heavy atom. The zero-order chi connectivity index (χ0) is 20.2. The van der Waals surface area contributed by atoms with E-state index in [4.69, 9.17) is 0 Å². The van der Waals surface area contributed by atoms with Crippen molar-refractivity contribution in [1.29, 1.82) is 0 Å². The summed E-state index contributed by atoms with van der Waals surface area (Å²) in [5.74, 6) is 0. The van der Waals surface area contributed by atoms with Crippen LogP contribution in [-0.4, -0.2) is 12.0 Å². The summed E-state index contributed by atoms with van der Waals surface area (Å²) >= 11 is 0. The first kappa shape index (κ1) is 18.4. The smallest absolute Gasteiger partial charge is 0.270 e. The fourth-order valence-corrected chi connectivity index (χ4v) is 3.52. The Morgan fingerprint density at radius 2 is 1.48 bits per heavy atom. The lowest BCUT2D eigenvalue weighted by Crippen LogP contribution is -2.06. The quantitative estimate of drug-likeness (QED) is 0.235. The summed E-state index contributed by atoms with van der Waals surface area (Å²) in [6.07, 6.45) is 9.91. The highest BCUT2D eigenvalue weighted by atomic mass is 16.6. The molecule has 3 aromatic carbocycles. The number of nitro benzene ring substituents is 1. The lowest BCUT2D eigenvalue weighted by atomic mass is 10.0. The molecule has 4 nitrogen and oxygen atoms in total. The van der Waals surface area contributed by atoms with E-state index in [1.54, 1.807) is 12.1 Å². The molecule has 0 atom stereocenters. The Kier molecular flexibility index (Phi) is 5.08. The van der Waals surface area contributed by atoms with Crippen LogP contribution < -0.4 is 4.90 Å². The molecule has 0 fully saturated rings. The first-order valence-corrected chi connectivity index (χ1v) is 9.37. The maximum absolute atomic E-state index is 11.2. The highest BCUT2D eigenvalue weighted by Gasteiger charge is 2.24. The minimum Gasteiger partial charge on any atom is -0.351 e. The van der Waals surface area contributed by atoms with Crippen molar-refractivity contribution in [2.45, 2.75) is 0 Å². The zero-order valence-corrected chi connectivity index (χ0v) is 16.0. The average molecular weight is 380 g/mol. The minimum atomic E-state index is -0.348. The number of benzene rings is 3. The largest absolute Gasteiger partial charge is 0.351 e. The normalized spacial score (nSPS) is 13.8. The van der Waals surface area contributed by atoms with Gasteiger partial charge in [0.05, 0.1) is 4.92 Å². The molecule has 0 aliphatic heterocycles. The molecule has 4 rings (SSSR count). The number of hydrogen-bond acceptors (Lipinski definition) is 3. The minimum absolute atomic E-state index is 0.107. The van der Waals surface area contributed by atoms with E-state index in [2.05, 4.69) is 24.3 Å². The first-order chi connectivity index (χ1) is 14.1. The van der Waals surface area contributed by atoms with E-state index in [-0.39, 0.29) is 10.6 Å². The number of non-ortho nitro benzene ring substituents is 1. The Bertz CT molecular complexity index is 1140. The number of anilines is 1. The van der Waals surface area contributed by atoms with Crippen LogP contribution in [0, 0.1) is 10.1 Å². The summed E-state index contributed by atoms with van der Waals surface area (Å²) in [5.41, 5.74) is 6.35. The van der Waals surface area contributed by atoms with Gasteiger partial charge in [0.1, 0.15) is 0 Å². The van der Waals surface area contributed by atoms with Crippen LogP contribution in [0.3, 0.4) is 0 Å². The fraction of sp³-hybridized carbons (Fsp3) is 0.0400.